The number of nitrogens with one attached hydrogen (secondary N) is 1. The summed E-state index contributed by atoms with van der Waals surface area (Å²) in [5.41, 5.74) is 1.08. The van der Waals surface area contributed by atoms with Crippen LogP contribution in [0.1, 0.15) is 17.4 Å². The van der Waals surface area contributed by atoms with Gasteiger partial charge in [0.05, 0.1) is 12.3 Å². The lowest BCUT2D eigenvalue weighted by Crippen LogP contribution is -2.30. The minimum Gasteiger partial charge on any atom is -0.468 e. The molecule has 20 heavy (non-hydrogen) atoms. The van der Waals surface area contributed by atoms with Crippen LogP contribution >= 0.6 is 27.5 Å². The maximum absolute atomic E-state index is 6.18. The fraction of sp³-hybridized carbons (Fsp3) is 0.333. The zero-order chi connectivity index (χ0) is 14.5. The molecule has 0 amide bonds. The molecule has 0 bridgehead atoms. The van der Waals surface area contributed by atoms with Gasteiger partial charge in [0.15, 0.2) is 0 Å². The van der Waals surface area contributed by atoms with Gasteiger partial charge >= 0.3 is 0 Å². The van der Waals surface area contributed by atoms with Gasteiger partial charge in [-0.05, 0) is 50.0 Å². The smallest absolute Gasteiger partial charge is 0.122 e. The Morgan fingerprint density at radius 1 is 1.35 bits per heavy atom. The monoisotopic (exact) mass is 356 g/mol. The van der Waals surface area contributed by atoms with Crippen LogP contribution in [0, 0.1) is 0 Å². The highest BCUT2D eigenvalue weighted by molar-refractivity contribution is 9.10. The number of furan rings is 1. The zero-order valence-corrected chi connectivity index (χ0v) is 13.9. The normalized spacial score (nSPS) is 12.8. The van der Waals surface area contributed by atoms with Crippen molar-refractivity contribution in [1.29, 1.82) is 0 Å². The minimum absolute atomic E-state index is 0.205. The van der Waals surface area contributed by atoms with Crippen LogP contribution in [0.25, 0.3) is 0 Å². The van der Waals surface area contributed by atoms with Gasteiger partial charge in [0, 0.05) is 22.6 Å². The van der Waals surface area contributed by atoms with Gasteiger partial charge < -0.3 is 9.73 Å². The Morgan fingerprint density at radius 2 is 2.15 bits per heavy atom. The maximum atomic E-state index is 6.18. The first-order valence-corrected chi connectivity index (χ1v) is 7.59. The molecule has 1 N–H and O–H groups in total. The third kappa shape index (κ3) is 4.09. The number of rotatable bonds is 6. The van der Waals surface area contributed by atoms with Gasteiger partial charge in [0.1, 0.15) is 5.76 Å². The number of hydrogen-bond acceptors (Lipinski definition) is 3. The maximum Gasteiger partial charge on any atom is 0.122 e. The van der Waals surface area contributed by atoms with Crippen molar-refractivity contribution in [3.63, 3.8) is 0 Å². The van der Waals surface area contributed by atoms with E-state index in [1.165, 1.54) is 0 Å². The molecule has 1 unspecified atom stereocenters. The van der Waals surface area contributed by atoms with Crippen LogP contribution in [0.2, 0.25) is 5.02 Å². The first kappa shape index (κ1) is 15.6. The molecule has 0 fully saturated rings. The molecule has 0 aliphatic heterocycles. The summed E-state index contributed by atoms with van der Waals surface area (Å²) in [6.07, 6.45) is 1.71. The highest BCUT2D eigenvalue weighted by atomic mass is 79.9. The first-order valence-electron chi connectivity index (χ1n) is 6.42. The van der Waals surface area contributed by atoms with Gasteiger partial charge in [-0.25, -0.2) is 0 Å². The SMILES string of the molecule is CN(C)C(CNCc1cc(Br)ccc1Cl)c1ccco1. The first-order chi connectivity index (χ1) is 9.58. The molecule has 2 aromatic rings. The Kier molecular flexibility index (Phi) is 5.66. The number of nitrogens with zero attached hydrogens (tertiary/aromatic N) is 1. The second kappa shape index (κ2) is 7.27. The molecule has 0 saturated carbocycles. The molecule has 5 heteroatoms. The Balaban J connectivity index is 1.95. The molecular formula is C15H18BrClN2O. The van der Waals surface area contributed by atoms with Crippen LogP contribution in [0.5, 0.6) is 0 Å². The molecule has 1 aromatic heterocycles. The van der Waals surface area contributed by atoms with E-state index in [0.29, 0.717) is 0 Å². The van der Waals surface area contributed by atoms with Crippen LogP contribution in [-0.4, -0.2) is 25.5 Å². The van der Waals surface area contributed by atoms with E-state index in [9.17, 15) is 0 Å². The molecule has 0 saturated heterocycles. The predicted molar refractivity (Wildman–Crippen MR) is 86.0 cm³/mol. The van der Waals surface area contributed by atoms with E-state index in [-0.39, 0.29) is 6.04 Å². The van der Waals surface area contributed by atoms with Crippen molar-refractivity contribution in [2.45, 2.75) is 12.6 Å². The highest BCUT2D eigenvalue weighted by Gasteiger charge is 2.16. The van der Waals surface area contributed by atoms with Crippen molar-refractivity contribution >= 4 is 27.5 Å². The van der Waals surface area contributed by atoms with E-state index in [1.54, 1.807) is 6.26 Å². The van der Waals surface area contributed by atoms with Crippen molar-refractivity contribution in [2.75, 3.05) is 20.6 Å². The highest BCUT2D eigenvalue weighted by Crippen LogP contribution is 2.22. The van der Waals surface area contributed by atoms with Crippen LogP contribution in [0.4, 0.5) is 0 Å². The lowest BCUT2D eigenvalue weighted by molar-refractivity contribution is 0.250. The van der Waals surface area contributed by atoms with E-state index >= 15 is 0 Å². The summed E-state index contributed by atoms with van der Waals surface area (Å²) < 4.78 is 6.52. The second-order valence-corrected chi connectivity index (χ2v) is 6.18. The topological polar surface area (TPSA) is 28.4 Å². The summed E-state index contributed by atoms with van der Waals surface area (Å²) in [5.74, 6) is 0.961. The van der Waals surface area contributed by atoms with Crippen molar-refractivity contribution in [2.24, 2.45) is 0 Å². The van der Waals surface area contributed by atoms with Gasteiger partial charge in [0.25, 0.3) is 0 Å². The van der Waals surface area contributed by atoms with E-state index in [1.807, 2.05) is 44.4 Å². The molecule has 0 aliphatic carbocycles. The predicted octanol–water partition coefficient (Wildman–Crippen LogP) is 4.09. The average Bonchev–Trinajstić information content (AvgIpc) is 2.91. The molecule has 0 spiro atoms. The molecule has 0 aliphatic rings. The van der Waals surface area contributed by atoms with Crippen LogP contribution in [0.3, 0.4) is 0 Å². The molecule has 3 nitrogen and oxygen atoms in total. The summed E-state index contributed by atoms with van der Waals surface area (Å²) in [4.78, 5) is 2.13. The fourth-order valence-electron chi connectivity index (χ4n) is 2.04. The van der Waals surface area contributed by atoms with Gasteiger partial charge in [-0.2, -0.15) is 0 Å². The summed E-state index contributed by atoms with van der Waals surface area (Å²) in [6.45, 7) is 1.52. The number of benzene rings is 1. The molecule has 2 rings (SSSR count). The Morgan fingerprint density at radius 3 is 2.80 bits per heavy atom. The summed E-state index contributed by atoms with van der Waals surface area (Å²) in [6, 6.07) is 9.99. The van der Waals surface area contributed by atoms with Crippen molar-refractivity contribution < 1.29 is 4.42 Å². The molecule has 108 valence electrons. The van der Waals surface area contributed by atoms with E-state index in [4.69, 9.17) is 16.0 Å². The van der Waals surface area contributed by atoms with Gasteiger partial charge in [-0.3, -0.25) is 4.90 Å². The lowest BCUT2D eigenvalue weighted by atomic mass is 10.2. The number of hydrogen-bond donors (Lipinski definition) is 1. The van der Waals surface area contributed by atoms with Gasteiger partial charge in [0.2, 0.25) is 0 Å². The Bertz CT molecular complexity index is 543. The largest absolute Gasteiger partial charge is 0.468 e. The molecule has 1 heterocycles. The van der Waals surface area contributed by atoms with Crippen LogP contribution in [-0.2, 0) is 6.54 Å². The molecule has 0 radical (unpaired) electrons. The summed E-state index contributed by atoms with van der Waals surface area (Å²) >= 11 is 9.65. The third-order valence-corrected chi connectivity index (χ3v) is 4.02. The van der Waals surface area contributed by atoms with Crippen molar-refractivity contribution in [1.82, 2.24) is 10.2 Å². The fourth-order valence-corrected chi connectivity index (χ4v) is 2.63. The lowest BCUT2D eigenvalue weighted by Gasteiger charge is -2.22. The third-order valence-electron chi connectivity index (χ3n) is 3.16. The Hall–Kier alpha value is -0.810. The molecule has 1 aromatic carbocycles. The molecular weight excluding hydrogens is 340 g/mol. The standard InChI is InChI=1S/C15H18BrClN2O/c1-19(2)14(15-4-3-7-20-15)10-18-9-11-8-12(16)5-6-13(11)17/h3-8,14,18H,9-10H2,1-2H3. The average molecular weight is 358 g/mol. The van der Waals surface area contributed by atoms with Crippen LogP contribution < -0.4 is 5.32 Å². The van der Waals surface area contributed by atoms with Crippen molar-refractivity contribution in [3.05, 3.63) is 57.4 Å². The van der Waals surface area contributed by atoms with Gasteiger partial charge in [-0.15, -0.1) is 0 Å². The summed E-state index contributed by atoms with van der Waals surface area (Å²) in [7, 11) is 4.09. The minimum atomic E-state index is 0.205. The zero-order valence-electron chi connectivity index (χ0n) is 11.6. The van der Waals surface area contributed by atoms with E-state index < -0.39 is 0 Å². The number of likely N-dealkylation sites (N-methyl/N-ethyl adjacent to an activating group) is 1. The summed E-state index contributed by atoms with van der Waals surface area (Å²) in [5, 5.41) is 4.21. The molecule has 1 atom stereocenters. The van der Waals surface area contributed by atoms with Crippen LogP contribution in [0.15, 0.2) is 45.5 Å². The Labute approximate surface area is 133 Å². The van der Waals surface area contributed by atoms with Crippen molar-refractivity contribution in [3.8, 4) is 0 Å². The van der Waals surface area contributed by atoms with Gasteiger partial charge in [-0.1, -0.05) is 27.5 Å². The number of halogens is 2. The van der Waals surface area contributed by atoms with E-state index in [2.05, 4.69) is 26.1 Å². The quantitative estimate of drug-likeness (QED) is 0.844. The second-order valence-electron chi connectivity index (χ2n) is 4.86. The van der Waals surface area contributed by atoms with E-state index in [0.717, 1.165) is 33.9 Å².